The second-order valence-electron chi connectivity index (χ2n) is 9.07. The summed E-state index contributed by atoms with van der Waals surface area (Å²) in [5, 5.41) is 11.8. The lowest BCUT2D eigenvalue weighted by atomic mass is 9.48. The van der Waals surface area contributed by atoms with Crippen LogP contribution in [-0.2, 0) is 10.2 Å². The number of aliphatic hydroxyl groups is 1. The van der Waals surface area contributed by atoms with Gasteiger partial charge < -0.3 is 15.2 Å². The van der Waals surface area contributed by atoms with E-state index < -0.39 is 6.10 Å². The number of hydrogen-bond donors (Lipinski definition) is 2. The molecule has 4 aliphatic rings. The van der Waals surface area contributed by atoms with Crippen LogP contribution in [0.3, 0.4) is 0 Å². The summed E-state index contributed by atoms with van der Waals surface area (Å²) >= 11 is 0. The van der Waals surface area contributed by atoms with Gasteiger partial charge in [0.25, 0.3) is 5.91 Å². The average Bonchev–Trinajstić information content (AvgIpc) is 2.61. The van der Waals surface area contributed by atoms with Crippen LogP contribution in [0.5, 0.6) is 5.75 Å². The lowest BCUT2D eigenvalue weighted by Crippen LogP contribution is -2.48. The highest BCUT2D eigenvalue weighted by molar-refractivity contribution is 5.80. The van der Waals surface area contributed by atoms with Crippen LogP contribution in [0.4, 0.5) is 0 Å². The van der Waals surface area contributed by atoms with Gasteiger partial charge in [-0.25, -0.2) is 0 Å². The molecule has 0 aromatic heterocycles. The van der Waals surface area contributed by atoms with Crippen LogP contribution in [0.1, 0.15) is 57.9 Å². The molecule has 4 nitrogen and oxygen atoms in total. The van der Waals surface area contributed by atoms with E-state index in [1.54, 1.807) is 13.8 Å². The molecule has 4 bridgehead atoms. The summed E-state index contributed by atoms with van der Waals surface area (Å²) in [7, 11) is 0. The van der Waals surface area contributed by atoms with Gasteiger partial charge in [0.1, 0.15) is 5.75 Å². The summed E-state index contributed by atoms with van der Waals surface area (Å²) in [6.45, 7) is 3.44. The fourth-order valence-corrected chi connectivity index (χ4v) is 6.01. The molecule has 142 valence electrons. The number of aliphatic hydroxyl groups excluding tert-OH is 1. The van der Waals surface area contributed by atoms with Gasteiger partial charge in [0, 0.05) is 6.04 Å². The van der Waals surface area contributed by atoms with Gasteiger partial charge in [0.15, 0.2) is 6.10 Å². The topological polar surface area (TPSA) is 58.6 Å². The largest absolute Gasteiger partial charge is 0.481 e. The van der Waals surface area contributed by atoms with Crippen molar-refractivity contribution in [2.24, 2.45) is 17.8 Å². The van der Waals surface area contributed by atoms with E-state index in [1.807, 2.05) is 12.1 Å². The molecule has 1 aromatic carbocycles. The molecule has 1 aromatic rings. The Hall–Kier alpha value is -1.55. The quantitative estimate of drug-likeness (QED) is 0.820. The molecular formula is C22H31NO3. The molecule has 0 heterocycles. The van der Waals surface area contributed by atoms with E-state index >= 15 is 0 Å². The Morgan fingerprint density at radius 3 is 2.15 bits per heavy atom. The number of ether oxygens (including phenoxy) is 1. The van der Waals surface area contributed by atoms with E-state index in [2.05, 4.69) is 17.4 Å². The van der Waals surface area contributed by atoms with E-state index in [0.717, 1.165) is 23.5 Å². The number of nitrogens with one attached hydrogen (secondary N) is 1. The zero-order chi connectivity index (χ0) is 18.3. The van der Waals surface area contributed by atoms with Crippen molar-refractivity contribution in [2.45, 2.75) is 69.9 Å². The molecule has 2 N–H and O–H groups in total. The van der Waals surface area contributed by atoms with Crippen LogP contribution in [0.2, 0.25) is 0 Å². The predicted molar refractivity (Wildman–Crippen MR) is 101 cm³/mol. The van der Waals surface area contributed by atoms with Crippen LogP contribution in [-0.4, -0.2) is 29.8 Å². The van der Waals surface area contributed by atoms with Crippen molar-refractivity contribution in [1.82, 2.24) is 5.32 Å². The lowest BCUT2D eigenvalue weighted by molar-refractivity contribution is -0.128. The Kier molecular flexibility index (Phi) is 4.72. The number of hydrogen-bond acceptors (Lipinski definition) is 3. The smallest absolute Gasteiger partial charge is 0.261 e. The summed E-state index contributed by atoms with van der Waals surface area (Å²) in [5.41, 5.74) is 1.86. The lowest BCUT2D eigenvalue weighted by Gasteiger charge is -2.57. The monoisotopic (exact) mass is 357 g/mol. The van der Waals surface area contributed by atoms with Crippen LogP contribution >= 0.6 is 0 Å². The Balaban J connectivity index is 1.42. The number of rotatable bonds is 6. The normalized spacial score (nSPS) is 34.3. The Morgan fingerprint density at radius 1 is 1.12 bits per heavy atom. The van der Waals surface area contributed by atoms with Gasteiger partial charge in [0.05, 0.1) is 6.61 Å². The molecule has 4 heteroatoms. The highest BCUT2D eigenvalue weighted by Crippen LogP contribution is 2.60. The first kappa shape index (κ1) is 17.8. The maximum atomic E-state index is 12.1. The SMILES string of the molecule is CC(CO)NC(=O)C(C)Oc1ccc(C23CC4CC(CC(C4)C2)C3)cc1. The van der Waals surface area contributed by atoms with Gasteiger partial charge in [-0.05, 0) is 93.2 Å². The van der Waals surface area contributed by atoms with E-state index in [9.17, 15) is 4.79 Å². The third kappa shape index (κ3) is 3.36. The van der Waals surface area contributed by atoms with Crippen LogP contribution < -0.4 is 10.1 Å². The predicted octanol–water partition coefficient (Wildman–Crippen LogP) is 3.42. The average molecular weight is 357 g/mol. The summed E-state index contributed by atoms with van der Waals surface area (Å²) in [6, 6.07) is 8.24. The van der Waals surface area contributed by atoms with Crippen molar-refractivity contribution in [1.29, 1.82) is 0 Å². The first-order valence-electron chi connectivity index (χ1n) is 10.2. The number of carbonyl (C=O) groups is 1. The van der Waals surface area contributed by atoms with E-state index in [-0.39, 0.29) is 18.6 Å². The van der Waals surface area contributed by atoms with Gasteiger partial charge in [-0.2, -0.15) is 0 Å². The Labute approximate surface area is 156 Å². The molecule has 0 spiro atoms. The van der Waals surface area contributed by atoms with E-state index in [0.29, 0.717) is 5.41 Å². The minimum Gasteiger partial charge on any atom is -0.481 e. The van der Waals surface area contributed by atoms with Gasteiger partial charge >= 0.3 is 0 Å². The van der Waals surface area contributed by atoms with Crippen molar-refractivity contribution in [2.75, 3.05) is 6.61 Å². The molecule has 2 unspecified atom stereocenters. The molecule has 4 saturated carbocycles. The molecule has 0 aliphatic heterocycles. The minimum atomic E-state index is -0.575. The Bertz CT molecular complexity index is 619. The van der Waals surface area contributed by atoms with Gasteiger partial charge in [0.2, 0.25) is 0 Å². The van der Waals surface area contributed by atoms with Crippen molar-refractivity contribution in [3.8, 4) is 5.75 Å². The minimum absolute atomic E-state index is 0.0712. The molecule has 0 saturated heterocycles. The van der Waals surface area contributed by atoms with Gasteiger partial charge in [-0.3, -0.25) is 4.79 Å². The highest BCUT2D eigenvalue weighted by Gasteiger charge is 2.51. The molecule has 5 rings (SSSR count). The first-order chi connectivity index (χ1) is 12.5. The summed E-state index contributed by atoms with van der Waals surface area (Å²) in [4.78, 5) is 12.1. The molecule has 4 fully saturated rings. The van der Waals surface area contributed by atoms with Gasteiger partial charge in [-0.15, -0.1) is 0 Å². The van der Waals surface area contributed by atoms with Crippen molar-refractivity contribution < 1.29 is 14.6 Å². The van der Waals surface area contributed by atoms with Gasteiger partial charge in [-0.1, -0.05) is 12.1 Å². The molecule has 2 atom stereocenters. The van der Waals surface area contributed by atoms with E-state index in [1.165, 1.54) is 44.1 Å². The second-order valence-corrected chi connectivity index (χ2v) is 9.07. The summed E-state index contributed by atoms with van der Waals surface area (Å²) in [6.07, 6.45) is 7.87. The van der Waals surface area contributed by atoms with Crippen molar-refractivity contribution >= 4 is 5.91 Å². The molecule has 0 radical (unpaired) electrons. The Morgan fingerprint density at radius 2 is 1.65 bits per heavy atom. The fourth-order valence-electron chi connectivity index (χ4n) is 6.01. The number of amides is 1. The summed E-state index contributed by atoms with van der Waals surface area (Å²) in [5.74, 6) is 3.35. The van der Waals surface area contributed by atoms with E-state index in [4.69, 9.17) is 9.84 Å². The summed E-state index contributed by atoms with van der Waals surface area (Å²) < 4.78 is 5.80. The molecule has 4 aliphatic carbocycles. The first-order valence-corrected chi connectivity index (χ1v) is 10.2. The third-order valence-corrected chi connectivity index (χ3v) is 6.85. The maximum absolute atomic E-state index is 12.1. The second kappa shape index (κ2) is 6.88. The molecular weight excluding hydrogens is 326 g/mol. The third-order valence-electron chi connectivity index (χ3n) is 6.85. The zero-order valence-electron chi connectivity index (χ0n) is 15.9. The van der Waals surface area contributed by atoms with Crippen LogP contribution in [0, 0.1) is 17.8 Å². The number of benzene rings is 1. The zero-order valence-corrected chi connectivity index (χ0v) is 15.9. The van der Waals surface area contributed by atoms with Crippen molar-refractivity contribution in [3.63, 3.8) is 0 Å². The van der Waals surface area contributed by atoms with Crippen LogP contribution in [0.25, 0.3) is 0 Å². The molecule has 26 heavy (non-hydrogen) atoms. The molecule has 1 amide bonds. The number of carbonyl (C=O) groups excluding carboxylic acids is 1. The van der Waals surface area contributed by atoms with Crippen molar-refractivity contribution in [3.05, 3.63) is 29.8 Å². The standard InChI is InChI=1S/C22H31NO3/c1-14(13-24)23-21(25)15(2)26-20-5-3-19(4-6-20)22-10-16-7-17(11-22)9-18(8-16)12-22/h3-6,14-18,24H,7-13H2,1-2H3,(H,23,25). The maximum Gasteiger partial charge on any atom is 0.261 e. The highest BCUT2D eigenvalue weighted by atomic mass is 16.5. The fraction of sp³-hybridized carbons (Fsp3) is 0.682. The van der Waals surface area contributed by atoms with Crippen LogP contribution in [0.15, 0.2) is 24.3 Å².